The fraction of sp³-hybridized carbons (Fsp3) is 0.818. The lowest BCUT2D eigenvalue weighted by atomic mass is 9.89. The lowest BCUT2D eigenvalue weighted by Crippen LogP contribution is -2.21. The Bertz CT molecular complexity index is 368. The summed E-state index contributed by atoms with van der Waals surface area (Å²) in [6, 6.07) is 1.27. The third kappa shape index (κ3) is 1.86. The van der Waals surface area contributed by atoms with Crippen LogP contribution in [0.15, 0.2) is 4.52 Å². The highest BCUT2D eigenvalue weighted by atomic mass is 32.2. The predicted octanol–water partition coefficient (Wildman–Crippen LogP) is 1.93. The Balaban J connectivity index is 1.68. The molecular formula is C11H17N3OS. The molecule has 16 heavy (non-hydrogen) atoms. The second kappa shape index (κ2) is 4.37. The maximum absolute atomic E-state index is 5.38. The van der Waals surface area contributed by atoms with E-state index in [1.165, 1.54) is 19.3 Å². The smallest absolute Gasteiger partial charge is 0.231 e. The molecule has 0 spiro atoms. The topological polar surface area (TPSA) is 51.0 Å². The Morgan fingerprint density at radius 2 is 2.44 bits per heavy atom. The number of thioether (sulfide) groups is 1. The quantitative estimate of drug-likeness (QED) is 0.870. The predicted molar refractivity (Wildman–Crippen MR) is 63.4 cm³/mol. The number of nitrogens with one attached hydrogen (secondary N) is 1. The Hall–Kier alpha value is -0.550. The highest BCUT2D eigenvalue weighted by Crippen LogP contribution is 2.39. The van der Waals surface area contributed by atoms with Gasteiger partial charge in [0.15, 0.2) is 5.82 Å². The van der Waals surface area contributed by atoms with Crippen LogP contribution in [0.25, 0.3) is 0 Å². The average Bonchev–Trinajstić information content (AvgIpc) is 3.01. The van der Waals surface area contributed by atoms with Gasteiger partial charge in [-0.15, -0.1) is 0 Å². The molecule has 0 saturated carbocycles. The van der Waals surface area contributed by atoms with Crippen LogP contribution in [0, 0.1) is 0 Å². The van der Waals surface area contributed by atoms with Crippen LogP contribution in [-0.4, -0.2) is 28.0 Å². The van der Waals surface area contributed by atoms with Gasteiger partial charge in [-0.1, -0.05) is 12.1 Å². The molecule has 0 radical (unpaired) electrons. The molecule has 2 saturated heterocycles. The molecule has 3 heterocycles. The lowest BCUT2D eigenvalue weighted by Gasteiger charge is -2.15. The number of fused-ring (bicyclic) bond motifs is 2. The number of hydrogen-bond donors (Lipinski definition) is 1. The van der Waals surface area contributed by atoms with Gasteiger partial charge in [0.05, 0.1) is 11.7 Å². The Morgan fingerprint density at radius 1 is 1.50 bits per heavy atom. The first-order valence-electron chi connectivity index (χ1n) is 6.03. The van der Waals surface area contributed by atoms with Gasteiger partial charge in [-0.2, -0.15) is 16.7 Å². The fourth-order valence-electron chi connectivity index (χ4n) is 2.77. The molecule has 4 nitrogen and oxygen atoms in total. The molecule has 3 rings (SSSR count). The normalized spacial score (nSPS) is 32.4. The maximum atomic E-state index is 5.38. The van der Waals surface area contributed by atoms with Crippen molar-refractivity contribution in [3.8, 4) is 0 Å². The number of rotatable bonds is 4. The minimum Gasteiger partial charge on any atom is -0.339 e. The summed E-state index contributed by atoms with van der Waals surface area (Å²) < 4.78 is 5.38. The van der Waals surface area contributed by atoms with Crippen molar-refractivity contribution in [1.29, 1.82) is 0 Å². The van der Waals surface area contributed by atoms with E-state index < -0.39 is 0 Å². The van der Waals surface area contributed by atoms with Gasteiger partial charge in [-0.25, -0.2) is 0 Å². The molecule has 0 aliphatic carbocycles. The summed E-state index contributed by atoms with van der Waals surface area (Å²) in [6.45, 7) is 2.14. The molecule has 2 aliphatic heterocycles. The Morgan fingerprint density at radius 3 is 3.12 bits per heavy atom. The van der Waals surface area contributed by atoms with Crippen molar-refractivity contribution < 1.29 is 4.52 Å². The van der Waals surface area contributed by atoms with Gasteiger partial charge in [0.2, 0.25) is 5.89 Å². The minimum atomic E-state index is 0.464. The van der Waals surface area contributed by atoms with Gasteiger partial charge in [0, 0.05) is 12.1 Å². The summed E-state index contributed by atoms with van der Waals surface area (Å²) in [7, 11) is 0. The van der Waals surface area contributed by atoms with E-state index in [2.05, 4.69) is 22.4 Å². The summed E-state index contributed by atoms with van der Waals surface area (Å²) in [5.41, 5.74) is 0. The zero-order valence-corrected chi connectivity index (χ0v) is 10.3. The molecule has 0 amide bonds. The van der Waals surface area contributed by atoms with Gasteiger partial charge < -0.3 is 9.84 Å². The van der Waals surface area contributed by atoms with E-state index in [0.29, 0.717) is 18.0 Å². The summed E-state index contributed by atoms with van der Waals surface area (Å²) in [5.74, 6) is 4.14. The third-order valence-electron chi connectivity index (χ3n) is 3.54. The highest BCUT2D eigenvalue weighted by Gasteiger charge is 2.42. The van der Waals surface area contributed by atoms with Crippen molar-refractivity contribution in [2.45, 2.75) is 49.9 Å². The lowest BCUT2D eigenvalue weighted by molar-refractivity contribution is 0.327. The second-order valence-corrected chi connectivity index (χ2v) is 5.85. The number of nitrogens with zero attached hydrogens (tertiary/aromatic N) is 2. The Kier molecular flexibility index (Phi) is 2.90. The largest absolute Gasteiger partial charge is 0.339 e. The molecule has 0 aromatic carbocycles. The van der Waals surface area contributed by atoms with E-state index >= 15 is 0 Å². The van der Waals surface area contributed by atoms with Gasteiger partial charge in [-0.3, -0.25) is 0 Å². The van der Waals surface area contributed by atoms with E-state index in [0.717, 1.165) is 23.2 Å². The van der Waals surface area contributed by atoms with Crippen LogP contribution in [0.3, 0.4) is 0 Å². The van der Waals surface area contributed by atoms with Crippen molar-refractivity contribution in [3.05, 3.63) is 11.7 Å². The summed E-state index contributed by atoms with van der Waals surface area (Å²) in [5, 5.41) is 7.64. The molecule has 3 unspecified atom stereocenters. The molecule has 1 aromatic rings. The molecule has 2 fully saturated rings. The molecule has 3 atom stereocenters. The van der Waals surface area contributed by atoms with E-state index in [1.54, 1.807) is 0 Å². The molecule has 1 aromatic heterocycles. The zero-order valence-electron chi connectivity index (χ0n) is 9.48. The summed E-state index contributed by atoms with van der Waals surface area (Å²) >= 11 is 1.83. The average molecular weight is 239 g/mol. The van der Waals surface area contributed by atoms with Gasteiger partial charge in [0.25, 0.3) is 0 Å². The van der Waals surface area contributed by atoms with E-state index in [-0.39, 0.29) is 0 Å². The Labute approximate surface area is 99.6 Å². The van der Waals surface area contributed by atoms with Crippen molar-refractivity contribution in [2.24, 2.45) is 0 Å². The maximum Gasteiger partial charge on any atom is 0.231 e. The molecule has 1 N–H and O–H groups in total. The summed E-state index contributed by atoms with van der Waals surface area (Å²) in [4.78, 5) is 4.51. The summed E-state index contributed by atoms with van der Waals surface area (Å²) in [6.07, 6.45) is 3.75. The third-order valence-corrected chi connectivity index (χ3v) is 4.41. The van der Waals surface area contributed by atoms with E-state index in [4.69, 9.17) is 4.52 Å². The number of hydrogen-bond acceptors (Lipinski definition) is 5. The van der Waals surface area contributed by atoms with Crippen molar-refractivity contribution in [2.75, 3.05) is 5.75 Å². The van der Waals surface area contributed by atoms with E-state index in [9.17, 15) is 0 Å². The van der Waals surface area contributed by atoms with Gasteiger partial charge in [-0.05, 0) is 25.0 Å². The molecular weight excluding hydrogens is 222 g/mol. The molecule has 2 aliphatic rings. The standard InChI is InChI=1S/C11H17N3OS/c1-2-16-6-10-13-11(15-14-10)8-5-7-3-4-9(8)12-7/h7-9,12H,2-6H2,1H3. The molecule has 88 valence electrons. The van der Waals surface area contributed by atoms with Crippen LogP contribution >= 0.6 is 11.8 Å². The molecule has 5 heteroatoms. The van der Waals surface area contributed by atoms with Gasteiger partial charge >= 0.3 is 0 Å². The van der Waals surface area contributed by atoms with Crippen LogP contribution in [0.2, 0.25) is 0 Å². The van der Waals surface area contributed by atoms with Crippen LogP contribution in [0.4, 0.5) is 0 Å². The van der Waals surface area contributed by atoms with Crippen molar-refractivity contribution in [1.82, 2.24) is 15.5 Å². The van der Waals surface area contributed by atoms with Crippen molar-refractivity contribution >= 4 is 11.8 Å². The zero-order chi connectivity index (χ0) is 11.0. The highest BCUT2D eigenvalue weighted by molar-refractivity contribution is 7.98. The first-order chi connectivity index (χ1) is 7.86. The molecule has 2 bridgehead atoms. The minimum absolute atomic E-state index is 0.464. The first-order valence-corrected chi connectivity index (χ1v) is 7.18. The van der Waals surface area contributed by atoms with Crippen LogP contribution < -0.4 is 5.32 Å². The van der Waals surface area contributed by atoms with E-state index in [1.807, 2.05) is 11.8 Å². The fourth-order valence-corrected chi connectivity index (χ4v) is 3.27. The second-order valence-electron chi connectivity index (χ2n) is 4.58. The monoisotopic (exact) mass is 239 g/mol. The van der Waals surface area contributed by atoms with Crippen LogP contribution in [0.1, 0.15) is 43.8 Å². The van der Waals surface area contributed by atoms with Gasteiger partial charge in [0.1, 0.15) is 0 Å². The number of aromatic nitrogens is 2. The SMILES string of the molecule is CCSCc1noc(C2CC3CCC2N3)n1. The first kappa shape index (κ1) is 10.6. The van der Waals surface area contributed by atoms with Crippen LogP contribution in [-0.2, 0) is 5.75 Å². The van der Waals surface area contributed by atoms with Crippen LogP contribution in [0.5, 0.6) is 0 Å². The van der Waals surface area contributed by atoms with Crippen molar-refractivity contribution in [3.63, 3.8) is 0 Å².